The van der Waals surface area contributed by atoms with Gasteiger partial charge in [0.2, 0.25) is 11.1 Å². The maximum absolute atomic E-state index is 12.5. The van der Waals surface area contributed by atoms with Crippen LogP contribution in [-0.4, -0.2) is 44.9 Å². The summed E-state index contributed by atoms with van der Waals surface area (Å²) in [6.45, 7) is 2.53. The van der Waals surface area contributed by atoms with Gasteiger partial charge in [-0.3, -0.25) is 9.47 Å². The van der Waals surface area contributed by atoms with Crippen LogP contribution in [0.2, 0.25) is 0 Å². The van der Waals surface area contributed by atoms with Gasteiger partial charge >= 0.3 is 0 Å². The molecule has 0 spiro atoms. The standard InChI is InChI=1S/C23H23N5O3S/c1-3-31-18-12-10-17(11-13-18)24-21(29)16-32-23-26-25-22(28(23)27-14-6-7-15-27)19-8-4-5-9-20(19)30-2/h4-15H,3,16H2,1-2H3,(H,24,29). The van der Waals surface area contributed by atoms with Crippen LogP contribution < -0.4 is 14.8 Å². The molecule has 0 saturated carbocycles. The minimum Gasteiger partial charge on any atom is -0.496 e. The van der Waals surface area contributed by atoms with Crippen LogP contribution in [0.5, 0.6) is 11.5 Å². The Morgan fingerprint density at radius 3 is 2.50 bits per heavy atom. The van der Waals surface area contributed by atoms with E-state index in [1.807, 2.05) is 89.3 Å². The molecule has 164 valence electrons. The maximum atomic E-state index is 12.5. The van der Waals surface area contributed by atoms with Crippen molar-refractivity contribution in [2.45, 2.75) is 12.1 Å². The Morgan fingerprint density at radius 2 is 1.78 bits per heavy atom. The van der Waals surface area contributed by atoms with Crippen LogP contribution in [0.3, 0.4) is 0 Å². The van der Waals surface area contributed by atoms with Crippen molar-refractivity contribution in [3.8, 4) is 22.9 Å². The predicted octanol–water partition coefficient (Wildman–Crippen LogP) is 4.20. The van der Waals surface area contributed by atoms with Gasteiger partial charge < -0.3 is 14.8 Å². The molecule has 0 aliphatic rings. The number of thioether (sulfide) groups is 1. The first kappa shape index (κ1) is 21.5. The molecule has 2 heterocycles. The Morgan fingerprint density at radius 1 is 1.03 bits per heavy atom. The monoisotopic (exact) mass is 449 g/mol. The van der Waals surface area contributed by atoms with Gasteiger partial charge in [0, 0.05) is 18.1 Å². The van der Waals surface area contributed by atoms with Gasteiger partial charge in [-0.2, -0.15) is 0 Å². The summed E-state index contributed by atoms with van der Waals surface area (Å²) in [5, 5.41) is 12.2. The molecule has 0 unspecified atom stereocenters. The Balaban J connectivity index is 1.52. The second-order valence-electron chi connectivity index (χ2n) is 6.68. The number of aromatic nitrogens is 4. The van der Waals surface area contributed by atoms with Crippen molar-refractivity contribution in [1.82, 2.24) is 19.5 Å². The third kappa shape index (κ3) is 4.78. The number of methoxy groups -OCH3 is 1. The van der Waals surface area contributed by atoms with Gasteiger partial charge in [0.15, 0.2) is 5.82 Å². The first-order valence-electron chi connectivity index (χ1n) is 10.1. The smallest absolute Gasteiger partial charge is 0.234 e. The molecule has 2 aromatic carbocycles. The average Bonchev–Trinajstić information content (AvgIpc) is 3.49. The van der Waals surface area contributed by atoms with Crippen molar-refractivity contribution < 1.29 is 14.3 Å². The molecule has 0 atom stereocenters. The molecule has 2 aromatic heterocycles. The lowest BCUT2D eigenvalue weighted by Gasteiger charge is -2.13. The Kier molecular flexibility index (Phi) is 6.76. The Bertz CT molecular complexity index is 1170. The Labute approximate surface area is 190 Å². The molecular weight excluding hydrogens is 426 g/mol. The SMILES string of the molecule is CCOc1ccc(NC(=O)CSc2nnc(-c3ccccc3OC)n2-n2cccc2)cc1. The highest BCUT2D eigenvalue weighted by Crippen LogP contribution is 2.31. The van der Waals surface area contributed by atoms with Gasteiger partial charge in [0.05, 0.1) is 25.0 Å². The molecule has 1 N–H and O–H groups in total. The number of hydrogen-bond acceptors (Lipinski definition) is 6. The molecule has 8 nitrogen and oxygen atoms in total. The van der Waals surface area contributed by atoms with E-state index >= 15 is 0 Å². The highest BCUT2D eigenvalue weighted by Gasteiger charge is 2.19. The average molecular weight is 450 g/mol. The molecule has 0 aliphatic carbocycles. The summed E-state index contributed by atoms with van der Waals surface area (Å²) in [5.41, 5.74) is 1.52. The summed E-state index contributed by atoms with van der Waals surface area (Å²) in [4.78, 5) is 12.5. The fourth-order valence-electron chi connectivity index (χ4n) is 3.15. The van der Waals surface area contributed by atoms with Gasteiger partial charge in [0.1, 0.15) is 11.5 Å². The van der Waals surface area contributed by atoms with Crippen LogP contribution in [0, 0.1) is 0 Å². The van der Waals surface area contributed by atoms with E-state index in [2.05, 4.69) is 15.5 Å². The third-order valence-corrected chi connectivity index (χ3v) is 5.48. The van der Waals surface area contributed by atoms with Gasteiger partial charge in [0.25, 0.3) is 0 Å². The number of rotatable bonds is 9. The number of nitrogens with zero attached hydrogens (tertiary/aromatic N) is 4. The highest BCUT2D eigenvalue weighted by molar-refractivity contribution is 7.99. The minimum atomic E-state index is -0.139. The largest absolute Gasteiger partial charge is 0.496 e. The number of para-hydroxylation sites is 1. The quantitative estimate of drug-likeness (QED) is 0.386. The van der Waals surface area contributed by atoms with Gasteiger partial charge in [-0.15, -0.1) is 10.2 Å². The number of benzene rings is 2. The van der Waals surface area contributed by atoms with Gasteiger partial charge in [-0.05, 0) is 55.5 Å². The lowest BCUT2D eigenvalue weighted by Crippen LogP contribution is -2.16. The summed E-state index contributed by atoms with van der Waals surface area (Å²) in [7, 11) is 1.62. The first-order chi connectivity index (χ1) is 15.7. The molecule has 0 bridgehead atoms. The number of ether oxygens (including phenoxy) is 2. The van der Waals surface area contributed by atoms with Crippen molar-refractivity contribution >= 4 is 23.4 Å². The van der Waals surface area contributed by atoms with Crippen molar-refractivity contribution in [3.05, 3.63) is 73.1 Å². The van der Waals surface area contributed by atoms with Crippen molar-refractivity contribution in [3.63, 3.8) is 0 Å². The number of nitrogens with one attached hydrogen (secondary N) is 1. The van der Waals surface area contributed by atoms with Gasteiger partial charge in [-0.25, -0.2) is 4.68 Å². The molecule has 0 fully saturated rings. The van der Waals surface area contributed by atoms with Crippen LogP contribution in [0.15, 0.2) is 78.2 Å². The minimum absolute atomic E-state index is 0.139. The molecule has 4 rings (SSSR count). The van der Waals surface area contributed by atoms with E-state index < -0.39 is 0 Å². The lowest BCUT2D eigenvalue weighted by molar-refractivity contribution is -0.113. The molecule has 0 aliphatic heterocycles. The van der Waals surface area contributed by atoms with Crippen molar-refractivity contribution in [1.29, 1.82) is 0 Å². The zero-order valence-electron chi connectivity index (χ0n) is 17.8. The number of anilines is 1. The zero-order valence-corrected chi connectivity index (χ0v) is 18.6. The lowest BCUT2D eigenvalue weighted by atomic mass is 10.2. The second kappa shape index (κ2) is 10.1. The summed E-state index contributed by atoms with van der Waals surface area (Å²) in [6, 6.07) is 18.7. The molecule has 0 saturated heterocycles. The van der Waals surface area contributed by atoms with E-state index in [1.165, 1.54) is 11.8 Å². The van der Waals surface area contributed by atoms with E-state index in [9.17, 15) is 4.79 Å². The zero-order chi connectivity index (χ0) is 22.3. The normalized spacial score (nSPS) is 10.7. The van der Waals surface area contributed by atoms with Crippen LogP contribution in [0.4, 0.5) is 5.69 Å². The van der Waals surface area contributed by atoms with E-state index in [4.69, 9.17) is 9.47 Å². The fourth-order valence-corrected chi connectivity index (χ4v) is 3.88. The molecule has 1 amide bonds. The number of hydrogen-bond donors (Lipinski definition) is 1. The number of carbonyl (C=O) groups is 1. The van der Waals surface area contributed by atoms with E-state index in [0.717, 1.165) is 11.3 Å². The predicted molar refractivity (Wildman–Crippen MR) is 124 cm³/mol. The number of amides is 1. The third-order valence-electron chi connectivity index (χ3n) is 4.56. The molecule has 9 heteroatoms. The summed E-state index contributed by atoms with van der Waals surface area (Å²) >= 11 is 1.30. The molecule has 0 radical (unpaired) electrons. The van der Waals surface area contributed by atoms with E-state index in [0.29, 0.717) is 29.0 Å². The topological polar surface area (TPSA) is 83.2 Å². The van der Waals surface area contributed by atoms with Crippen LogP contribution in [-0.2, 0) is 4.79 Å². The van der Waals surface area contributed by atoms with Crippen LogP contribution >= 0.6 is 11.8 Å². The van der Waals surface area contributed by atoms with Gasteiger partial charge in [-0.1, -0.05) is 23.9 Å². The number of carbonyl (C=O) groups excluding carboxylic acids is 1. The van der Waals surface area contributed by atoms with Crippen LogP contribution in [0.1, 0.15) is 6.92 Å². The molecular formula is C23H23N5O3S. The van der Waals surface area contributed by atoms with E-state index in [1.54, 1.807) is 7.11 Å². The van der Waals surface area contributed by atoms with Crippen molar-refractivity contribution in [2.75, 3.05) is 24.8 Å². The van der Waals surface area contributed by atoms with Crippen LogP contribution in [0.25, 0.3) is 11.4 Å². The second-order valence-corrected chi connectivity index (χ2v) is 7.62. The highest BCUT2D eigenvalue weighted by atomic mass is 32.2. The summed E-state index contributed by atoms with van der Waals surface area (Å²) < 4.78 is 14.7. The van der Waals surface area contributed by atoms with E-state index in [-0.39, 0.29) is 11.7 Å². The maximum Gasteiger partial charge on any atom is 0.234 e. The van der Waals surface area contributed by atoms with Crippen molar-refractivity contribution in [2.24, 2.45) is 0 Å². The fraction of sp³-hybridized carbons (Fsp3) is 0.174. The summed E-state index contributed by atoms with van der Waals surface area (Å²) in [6.07, 6.45) is 3.79. The summed E-state index contributed by atoms with van der Waals surface area (Å²) in [5.74, 6) is 2.12. The molecule has 32 heavy (non-hydrogen) atoms. The molecule has 4 aromatic rings. The Hall–Kier alpha value is -3.72. The first-order valence-corrected chi connectivity index (χ1v) is 11.1.